The Hall–Kier alpha value is -3.02. The molecule has 0 unspecified atom stereocenters. The lowest BCUT2D eigenvalue weighted by molar-refractivity contribution is 0.0600. The number of hydrogen-bond donors (Lipinski definition) is 0. The van der Waals surface area contributed by atoms with E-state index in [-0.39, 0.29) is 0 Å². The zero-order valence-electron chi connectivity index (χ0n) is 12.2. The molecule has 0 atom stereocenters. The summed E-state index contributed by atoms with van der Waals surface area (Å²) in [5.74, 6) is 0.00930. The first-order valence-electron chi connectivity index (χ1n) is 6.71. The van der Waals surface area contributed by atoms with E-state index < -0.39 is 5.97 Å². The lowest BCUT2D eigenvalue weighted by Crippen LogP contribution is -2.12. The van der Waals surface area contributed by atoms with Crippen molar-refractivity contribution in [2.24, 2.45) is 0 Å². The van der Waals surface area contributed by atoms with Crippen LogP contribution in [0.1, 0.15) is 16.1 Å². The van der Waals surface area contributed by atoms with Gasteiger partial charge in [0.2, 0.25) is 5.95 Å². The van der Waals surface area contributed by atoms with Crippen LogP contribution in [0.5, 0.6) is 0 Å². The van der Waals surface area contributed by atoms with Crippen molar-refractivity contribution < 1.29 is 9.53 Å². The van der Waals surface area contributed by atoms with Crippen molar-refractivity contribution in [3.05, 3.63) is 60.3 Å². The smallest absolute Gasteiger partial charge is 0.341 e. The van der Waals surface area contributed by atoms with Crippen LogP contribution in [0.15, 0.2) is 49.1 Å². The largest absolute Gasteiger partial charge is 0.465 e. The second-order valence-corrected chi connectivity index (χ2v) is 4.66. The Labute approximate surface area is 127 Å². The standard InChI is InChI=1S/C16H14N4O2/c1-11-13(15(21)22-2)14(12-6-4-3-5-7-12)19-16(18-11)20-9-8-17-10-20/h3-10H,1-2H3. The molecule has 0 aliphatic carbocycles. The van der Waals surface area contributed by atoms with Crippen LogP contribution in [0.25, 0.3) is 17.2 Å². The molecule has 110 valence electrons. The summed E-state index contributed by atoms with van der Waals surface area (Å²) in [5, 5.41) is 0. The molecule has 2 heterocycles. The molecule has 6 heteroatoms. The summed E-state index contributed by atoms with van der Waals surface area (Å²) in [6, 6.07) is 9.49. The van der Waals surface area contributed by atoms with Gasteiger partial charge in [0.25, 0.3) is 0 Å². The molecule has 2 aromatic heterocycles. The number of aromatic nitrogens is 4. The van der Waals surface area contributed by atoms with Crippen molar-refractivity contribution in [3.8, 4) is 17.2 Å². The normalized spacial score (nSPS) is 10.5. The predicted octanol–water partition coefficient (Wildman–Crippen LogP) is 2.42. The lowest BCUT2D eigenvalue weighted by Gasteiger charge is -2.12. The van der Waals surface area contributed by atoms with Gasteiger partial charge in [0.15, 0.2) is 0 Å². The van der Waals surface area contributed by atoms with E-state index >= 15 is 0 Å². The summed E-state index contributed by atoms with van der Waals surface area (Å²) in [6.45, 7) is 1.76. The third-order valence-corrected chi connectivity index (χ3v) is 3.25. The van der Waals surface area contributed by atoms with E-state index in [0.717, 1.165) is 5.56 Å². The summed E-state index contributed by atoms with van der Waals surface area (Å²) >= 11 is 0. The van der Waals surface area contributed by atoms with Crippen LogP contribution < -0.4 is 0 Å². The quantitative estimate of drug-likeness (QED) is 0.694. The summed E-state index contributed by atoms with van der Waals surface area (Å²) in [7, 11) is 1.35. The first-order valence-corrected chi connectivity index (χ1v) is 6.71. The number of imidazole rings is 1. The number of benzene rings is 1. The van der Waals surface area contributed by atoms with Crippen LogP contribution >= 0.6 is 0 Å². The Morgan fingerprint density at radius 2 is 1.95 bits per heavy atom. The molecule has 1 aromatic carbocycles. The van der Waals surface area contributed by atoms with E-state index in [1.807, 2.05) is 30.3 Å². The van der Waals surface area contributed by atoms with E-state index in [2.05, 4.69) is 15.0 Å². The Morgan fingerprint density at radius 3 is 2.59 bits per heavy atom. The van der Waals surface area contributed by atoms with Crippen molar-refractivity contribution >= 4 is 5.97 Å². The Balaban J connectivity index is 2.25. The van der Waals surface area contributed by atoms with Gasteiger partial charge in [-0.1, -0.05) is 30.3 Å². The predicted molar refractivity (Wildman–Crippen MR) is 80.7 cm³/mol. The maximum atomic E-state index is 12.1. The number of rotatable bonds is 3. The van der Waals surface area contributed by atoms with Gasteiger partial charge in [0, 0.05) is 18.0 Å². The average molecular weight is 294 g/mol. The third-order valence-electron chi connectivity index (χ3n) is 3.25. The summed E-state index contributed by atoms with van der Waals surface area (Å²) in [6.07, 6.45) is 5.01. The Morgan fingerprint density at radius 1 is 1.18 bits per heavy atom. The molecule has 0 saturated carbocycles. The molecule has 0 radical (unpaired) electrons. The van der Waals surface area contributed by atoms with Gasteiger partial charge in [0.05, 0.1) is 18.5 Å². The highest BCUT2D eigenvalue weighted by atomic mass is 16.5. The summed E-state index contributed by atoms with van der Waals surface area (Å²) in [4.78, 5) is 25.0. The molecule has 22 heavy (non-hydrogen) atoms. The van der Waals surface area contributed by atoms with Gasteiger partial charge in [-0.05, 0) is 6.92 Å². The number of aryl methyl sites for hydroxylation is 1. The zero-order valence-corrected chi connectivity index (χ0v) is 12.2. The molecule has 3 aromatic rings. The Kier molecular flexibility index (Phi) is 3.65. The topological polar surface area (TPSA) is 69.9 Å². The van der Waals surface area contributed by atoms with Crippen molar-refractivity contribution in [1.82, 2.24) is 19.5 Å². The average Bonchev–Trinajstić information content (AvgIpc) is 3.08. The van der Waals surface area contributed by atoms with Gasteiger partial charge in [-0.3, -0.25) is 4.57 Å². The van der Waals surface area contributed by atoms with E-state index in [1.54, 1.807) is 30.2 Å². The van der Waals surface area contributed by atoms with E-state index in [0.29, 0.717) is 22.9 Å². The summed E-state index contributed by atoms with van der Waals surface area (Å²) in [5.41, 5.74) is 2.31. The Bertz CT molecular complexity index is 799. The molecule has 0 fully saturated rings. The van der Waals surface area contributed by atoms with E-state index in [1.165, 1.54) is 7.11 Å². The van der Waals surface area contributed by atoms with Crippen LogP contribution in [0.2, 0.25) is 0 Å². The van der Waals surface area contributed by atoms with Crippen molar-refractivity contribution in [2.45, 2.75) is 6.92 Å². The number of esters is 1. The fourth-order valence-corrected chi connectivity index (χ4v) is 2.20. The van der Waals surface area contributed by atoms with Crippen LogP contribution in [-0.2, 0) is 4.74 Å². The molecule has 0 amide bonds. The second kappa shape index (κ2) is 5.77. The number of hydrogen-bond acceptors (Lipinski definition) is 5. The second-order valence-electron chi connectivity index (χ2n) is 4.66. The number of carbonyl (C=O) groups is 1. The van der Waals surface area contributed by atoms with Crippen LogP contribution in [0, 0.1) is 6.92 Å². The number of carbonyl (C=O) groups excluding carboxylic acids is 1. The monoisotopic (exact) mass is 294 g/mol. The molecule has 0 aliphatic heterocycles. The molecule has 6 nitrogen and oxygen atoms in total. The first kappa shape index (κ1) is 13.9. The minimum atomic E-state index is -0.450. The van der Waals surface area contributed by atoms with Gasteiger partial charge in [-0.25, -0.2) is 19.7 Å². The van der Waals surface area contributed by atoms with Gasteiger partial charge in [-0.15, -0.1) is 0 Å². The molecular formula is C16H14N4O2. The van der Waals surface area contributed by atoms with E-state index in [4.69, 9.17) is 4.74 Å². The minimum Gasteiger partial charge on any atom is -0.465 e. The molecule has 0 saturated heterocycles. The fraction of sp³-hybridized carbons (Fsp3) is 0.125. The maximum absolute atomic E-state index is 12.1. The number of methoxy groups -OCH3 is 1. The maximum Gasteiger partial charge on any atom is 0.341 e. The van der Waals surface area contributed by atoms with Gasteiger partial charge < -0.3 is 4.74 Å². The number of nitrogens with zero attached hydrogens (tertiary/aromatic N) is 4. The van der Waals surface area contributed by atoms with Crippen LogP contribution in [0.4, 0.5) is 0 Å². The van der Waals surface area contributed by atoms with Gasteiger partial charge in [0.1, 0.15) is 11.9 Å². The minimum absolute atomic E-state index is 0.373. The molecule has 0 spiro atoms. The molecular weight excluding hydrogens is 280 g/mol. The van der Waals surface area contributed by atoms with Crippen molar-refractivity contribution in [2.75, 3.05) is 7.11 Å². The van der Waals surface area contributed by atoms with Crippen LogP contribution in [-0.4, -0.2) is 32.6 Å². The van der Waals surface area contributed by atoms with E-state index in [9.17, 15) is 4.79 Å². The summed E-state index contributed by atoms with van der Waals surface area (Å²) < 4.78 is 6.57. The molecule has 0 N–H and O–H groups in total. The SMILES string of the molecule is COC(=O)c1c(C)nc(-n2ccnc2)nc1-c1ccccc1. The highest BCUT2D eigenvalue weighted by Crippen LogP contribution is 2.25. The first-order chi connectivity index (χ1) is 10.7. The molecule has 0 aliphatic rings. The third kappa shape index (κ3) is 2.46. The fourth-order valence-electron chi connectivity index (χ4n) is 2.20. The zero-order chi connectivity index (χ0) is 15.5. The van der Waals surface area contributed by atoms with Gasteiger partial charge in [-0.2, -0.15) is 0 Å². The van der Waals surface area contributed by atoms with Gasteiger partial charge >= 0.3 is 5.97 Å². The molecule has 3 rings (SSSR count). The van der Waals surface area contributed by atoms with Crippen LogP contribution in [0.3, 0.4) is 0 Å². The number of ether oxygens (including phenoxy) is 1. The highest BCUT2D eigenvalue weighted by molar-refractivity contribution is 5.97. The lowest BCUT2D eigenvalue weighted by atomic mass is 10.0. The highest BCUT2D eigenvalue weighted by Gasteiger charge is 2.20. The molecule has 0 bridgehead atoms. The van der Waals surface area contributed by atoms with Crippen molar-refractivity contribution in [3.63, 3.8) is 0 Å². The van der Waals surface area contributed by atoms with Crippen molar-refractivity contribution in [1.29, 1.82) is 0 Å².